The van der Waals surface area contributed by atoms with Crippen molar-refractivity contribution in [3.63, 3.8) is 0 Å². The number of ether oxygens (including phenoxy) is 1. The van der Waals surface area contributed by atoms with Gasteiger partial charge in [0, 0.05) is 32.7 Å². The lowest BCUT2D eigenvalue weighted by atomic mass is 10.2. The van der Waals surface area contributed by atoms with Gasteiger partial charge in [-0.05, 0) is 12.8 Å². The van der Waals surface area contributed by atoms with Crippen molar-refractivity contribution in [2.45, 2.75) is 43.9 Å². The van der Waals surface area contributed by atoms with Gasteiger partial charge in [0.15, 0.2) is 0 Å². The first-order valence-corrected chi connectivity index (χ1v) is 6.78. The lowest BCUT2D eigenvalue weighted by molar-refractivity contribution is -0.141. The van der Waals surface area contributed by atoms with Crippen LogP contribution in [0.5, 0.6) is 0 Å². The van der Waals surface area contributed by atoms with E-state index in [2.05, 4.69) is 0 Å². The van der Waals surface area contributed by atoms with E-state index >= 15 is 0 Å². The Kier molecular flexibility index (Phi) is 4.45. The molecule has 2 rings (SSSR count). The molecular weight excluding hydrogens is 262 g/mol. The van der Waals surface area contributed by atoms with E-state index in [1.807, 2.05) is 6.07 Å². The summed E-state index contributed by atoms with van der Waals surface area (Å²) in [6.07, 6.45) is 2.19. The van der Waals surface area contributed by atoms with E-state index in [0.717, 1.165) is 12.8 Å². The second-order valence-corrected chi connectivity index (χ2v) is 5.22. The molecule has 0 spiro atoms. The van der Waals surface area contributed by atoms with Crippen LogP contribution in [0.25, 0.3) is 0 Å². The molecule has 1 saturated heterocycles. The molecule has 0 bridgehead atoms. The number of aliphatic carboxylic acids is 1. The number of hydrogen-bond donors (Lipinski definition) is 1. The number of amides is 2. The largest absolute Gasteiger partial charge is 0.480 e. The van der Waals surface area contributed by atoms with Crippen molar-refractivity contribution in [1.29, 1.82) is 5.26 Å². The van der Waals surface area contributed by atoms with Gasteiger partial charge in [-0.2, -0.15) is 5.26 Å². The van der Waals surface area contributed by atoms with Crippen molar-refractivity contribution in [3.05, 3.63) is 0 Å². The van der Waals surface area contributed by atoms with Crippen molar-refractivity contribution in [2.75, 3.05) is 20.2 Å². The quantitative estimate of drug-likeness (QED) is 0.798. The molecule has 0 aromatic carbocycles. The average molecular weight is 281 g/mol. The fraction of sp³-hybridized carbons (Fsp3) is 0.769. The molecule has 20 heavy (non-hydrogen) atoms. The molecule has 1 heterocycles. The van der Waals surface area contributed by atoms with Gasteiger partial charge >= 0.3 is 12.0 Å². The minimum atomic E-state index is -1.01. The van der Waals surface area contributed by atoms with Gasteiger partial charge in [-0.25, -0.2) is 9.59 Å². The van der Waals surface area contributed by atoms with Gasteiger partial charge in [-0.15, -0.1) is 0 Å². The number of carboxylic acid groups (broad SMARTS) is 1. The third-order valence-corrected chi connectivity index (χ3v) is 3.82. The molecule has 2 atom stereocenters. The predicted octanol–water partition coefficient (Wildman–Crippen LogP) is 0.658. The van der Waals surface area contributed by atoms with Crippen LogP contribution in [-0.4, -0.2) is 65.3 Å². The summed E-state index contributed by atoms with van der Waals surface area (Å²) in [5, 5.41) is 17.9. The standard InChI is InChI=1S/C13H19N3O4/c1-20-10-7-11(12(17)18)16(8-10)13(19)15(6-2-5-14)9-3-4-9/h9-11H,2-4,6-8H2,1H3,(H,17,18). The van der Waals surface area contributed by atoms with Crippen LogP contribution in [-0.2, 0) is 9.53 Å². The van der Waals surface area contributed by atoms with Crippen LogP contribution in [0.1, 0.15) is 25.7 Å². The first kappa shape index (κ1) is 14.6. The molecule has 1 N–H and O–H groups in total. The first-order chi connectivity index (χ1) is 9.58. The lowest BCUT2D eigenvalue weighted by Crippen LogP contribution is -2.49. The second-order valence-electron chi connectivity index (χ2n) is 5.22. The van der Waals surface area contributed by atoms with Gasteiger partial charge in [-0.3, -0.25) is 0 Å². The smallest absolute Gasteiger partial charge is 0.326 e. The number of urea groups is 1. The molecule has 0 aromatic rings. The van der Waals surface area contributed by atoms with Crippen molar-refractivity contribution in [2.24, 2.45) is 0 Å². The number of rotatable bonds is 5. The van der Waals surface area contributed by atoms with Crippen LogP contribution in [0.15, 0.2) is 0 Å². The molecule has 0 aromatic heterocycles. The number of hydrogen-bond acceptors (Lipinski definition) is 4. The highest BCUT2D eigenvalue weighted by Crippen LogP contribution is 2.30. The molecule has 1 aliphatic carbocycles. The Bertz CT molecular complexity index is 430. The molecule has 7 heteroatoms. The van der Waals surface area contributed by atoms with Gasteiger partial charge in [-0.1, -0.05) is 0 Å². The Morgan fingerprint density at radius 2 is 2.20 bits per heavy atom. The fourth-order valence-corrected chi connectivity index (χ4v) is 2.57. The van der Waals surface area contributed by atoms with Crippen molar-refractivity contribution < 1.29 is 19.4 Å². The first-order valence-electron chi connectivity index (χ1n) is 6.78. The van der Waals surface area contributed by atoms with E-state index in [0.29, 0.717) is 19.5 Å². The molecule has 2 unspecified atom stereocenters. The minimum absolute atomic E-state index is 0.159. The van der Waals surface area contributed by atoms with Gasteiger partial charge in [0.25, 0.3) is 0 Å². The maximum Gasteiger partial charge on any atom is 0.326 e. The summed E-state index contributed by atoms with van der Waals surface area (Å²) in [7, 11) is 1.52. The van der Waals surface area contributed by atoms with Crippen LogP contribution >= 0.6 is 0 Å². The van der Waals surface area contributed by atoms with Crippen LogP contribution in [0.3, 0.4) is 0 Å². The summed E-state index contributed by atoms with van der Waals surface area (Å²) in [6, 6.07) is 1.07. The Labute approximate surface area is 117 Å². The molecule has 2 fully saturated rings. The summed E-state index contributed by atoms with van der Waals surface area (Å²) in [5.74, 6) is -1.01. The zero-order chi connectivity index (χ0) is 14.7. The third kappa shape index (κ3) is 3.02. The molecule has 1 aliphatic heterocycles. The molecule has 7 nitrogen and oxygen atoms in total. The molecule has 2 amide bonds. The highest BCUT2D eigenvalue weighted by molar-refractivity contribution is 5.84. The van der Waals surface area contributed by atoms with Crippen molar-refractivity contribution in [3.8, 4) is 6.07 Å². The monoisotopic (exact) mass is 281 g/mol. The van der Waals surface area contributed by atoms with E-state index in [4.69, 9.17) is 10.00 Å². The highest BCUT2D eigenvalue weighted by Gasteiger charge is 2.44. The maximum absolute atomic E-state index is 12.5. The summed E-state index contributed by atoms with van der Waals surface area (Å²) < 4.78 is 5.18. The third-order valence-electron chi connectivity index (χ3n) is 3.82. The number of nitrogens with zero attached hydrogens (tertiary/aromatic N) is 3. The summed E-state index contributed by atoms with van der Waals surface area (Å²) in [4.78, 5) is 26.8. The Morgan fingerprint density at radius 1 is 1.50 bits per heavy atom. The number of likely N-dealkylation sites (tertiary alicyclic amines) is 1. The second kappa shape index (κ2) is 6.09. The Balaban J connectivity index is 2.08. The normalized spacial score (nSPS) is 25.3. The van der Waals surface area contributed by atoms with Crippen LogP contribution in [0, 0.1) is 11.3 Å². The molecule has 1 saturated carbocycles. The predicted molar refractivity (Wildman–Crippen MR) is 68.9 cm³/mol. The van der Waals surface area contributed by atoms with Gasteiger partial charge in [0.2, 0.25) is 0 Å². The van der Waals surface area contributed by atoms with Crippen LogP contribution in [0.4, 0.5) is 4.79 Å². The van der Waals surface area contributed by atoms with E-state index < -0.39 is 12.0 Å². The molecule has 0 radical (unpaired) electrons. The van der Waals surface area contributed by atoms with E-state index in [1.165, 1.54) is 12.0 Å². The summed E-state index contributed by atoms with van der Waals surface area (Å²) >= 11 is 0. The van der Waals surface area contributed by atoms with Crippen LogP contribution in [0.2, 0.25) is 0 Å². The van der Waals surface area contributed by atoms with Crippen LogP contribution < -0.4 is 0 Å². The minimum Gasteiger partial charge on any atom is -0.480 e. The zero-order valence-corrected chi connectivity index (χ0v) is 11.5. The topological polar surface area (TPSA) is 93.9 Å². The Morgan fingerprint density at radius 3 is 2.70 bits per heavy atom. The van der Waals surface area contributed by atoms with Crippen molar-refractivity contribution >= 4 is 12.0 Å². The fourth-order valence-electron chi connectivity index (χ4n) is 2.57. The number of nitriles is 1. The molecular formula is C13H19N3O4. The number of methoxy groups -OCH3 is 1. The Hall–Kier alpha value is -1.81. The SMILES string of the molecule is COC1CC(C(=O)O)N(C(=O)N(CCC#N)C2CC2)C1. The number of carbonyl (C=O) groups is 2. The van der Waals surface area contributed by atoms with Gasteiger partial charge < -0.3 is 19.6 Å². The van der Waals surface area contributed by atoms with E-state index in [-0.39, 0.29) is 24.6 Å². The average Bonchev–Trinajstić information content (AvgIpc) is 3.16. The number of carbonyl (C=O) groups excluding carboxylic acids is 1. The maximum atomic E-state index is 12.5. The number of carboxylic acids is 1. The van der Waals surface area contributed by atoms with Gasteiger partial charge in [0.1, 0.15) is 6.04 Å². The van der Waals surface area contributed by atoms with Gasteiger partial charge in [0.05, 0.1) is 18.6 Å². The zero-order valence-electron chi connectivity index (χ0n) is 11.5. The van der Waals surface area contributed by atoms with E-state index in [1.54, 1.807) is 4.90 Å². The molecule has 2 aliphatic rings. The molecule has 110 valence electrons. The van der Waals surface area contributed by atoms with E-state index in [9.17, 15) is 14.7 Å². The van der Waals surface area contributed by atoms with Crippen molar-refractivity contribution in [1.82, 2.24) is 9.80 Å². The lowest BCUT2D eigenvalue weighted by Gasteiger charge is -2.29. The summed E-state index contributed by atoms with van der Waals surface area (Å²) in [5.41, 5.74) is 0. The highest BCUT2D eigenvalue weighted by atomic mass is 16.5. The summed E-state index contributed by atoms with van der Waals surface area (Å²) in [6.45, 7) is 0.655.